The largest absolute Gasteiger partial charge is 0.481 e. The molecule has 0 spiro atoms. The first-order valence-corrected chi connectivity index (χ1v) is 11.7. The van der Waals surface area contributed by atoms with Crippen molar-refractivity contribution < 1.29 is 44.1 Å². The van der Waals surface area contributed by atoms with Crippen molar-refractivity contribution in [3.63, 3.8) is 0 Å². The molecule has 0 aliphatic heterocycles. The van der Waals surface area contributed by atoms with Gasteiger partial charge in [0, 0.05) is 49.5 Å². The van der Waals surface area contributed by atoms with Gasteiger partial charge in [0.25, 0.3) is 0 Å². The van der Waals surface area contributed by atoms with E-state index < -0.39 is 79.1 Å². The van der Waals surface area contributed by atoms with E-state index in [0.29, 0.717) is 11.4 Å². The quantitative estimate of drug-likeness (QED) is 0.0989. The number of aromatic nitrogens is 4. The van der Waals surface area contributed by atoms with Gasteiger partial charge in [0.05, 0.1) is 18.7 Å². The van der Waals surface area contributed by atoms with Crippen molar-refractivity contribution in [3.8, 4) is 0 Å². The third-order valence-corrected chi connectivity index (χ3v) is 5.48. The standard InChI is InChI=1S/C22H30N8O9/c23-13(5-11-7-24-9-26-11)19(35)28-14(1-3-17(31)32)20(36)30-16(6-12-8-25-10-27-12)21(37)29-15(22(38)39)2-4-18(33)34/h7-10,13-16H,1-6,23H2,(H,24,26)(H,25,27)(H,28,35)(H,29,37)(H,30,36)(H,31,32)(H,33,34)(H,38,39). The van der Waals surface area contributed by atoms with Crippen LogP contribution in [-0.4, -0.2) is 95.1 Å². The number of rotatable bonds is 17. The molecule has 39 heavy (non-hydrogen) atoms. The molecule has 17 nitrogen and oxygen atoms in total. The molecule has 0 aliphatic carbocycles. The maximum absolute atomic E-state index is 13.1. The minimum atomic E-state index is -1.56. The molecule has 0 aromatic carbocycles. The van der Waals surface area contributed by atoms with E-state index in [-0.39, 0.29) is 19.3 Å². The van der Waals surface area contributed by atoms with Crippen molar-refractivity contribution in [2.24, 2.45) is 5.73 Å². The van der Waals surface area contributed by atoms with Gasteiger partial charge in [0.1, 0.15) is 18.1 Å². The second-order valence-corrected chi connectivity index (χ2v) is 8.56. The maximum Gasteiger partial charge on any atom is 0.326 e. The Labute approximate surface area is 221 Å². The number of aromatic amines is 2. The first-order valence-electron chi connectivity index (χ1n) is 11.7. The highest BCUT2D eigenvalue weighted by molar-refractivity contribution is 5.94. The smallest absolute Gasteiger partial charge is 0.326 e. The van der Waals surface area contributed by atoms with Gasteiger partial charge >= 0.3 is 17.9 Å². The van der Waals surface area contributed by atoms with Crippen LogP contribution in [0.3, 0.4) is 0 Å². The molecule has 0 saturated carbocycles. The van der Waals surface area contributed by atoms with Gasteiger partial charge in [-0.1, -0.05) is 0 Å². The van der Waals surface area contributed by atoms with Gasteiger partial charge in [-0.2, -0.15) is 0 Å². The molecule has 212 valence electrons. The van der Waals surface area contributed by atoms with Crippen molar-refractivity contribution in [3.05, 3.63) is 36.4 Å². The molecule has 2 aromatic heterocycles. The van der Waals surface area contributed by atoms with E-state index in [9.17, 15) is 33.9 Å². The van der Waals surface area contributed by atoms with Crippen LogP contribution < -0.4 is 21.7 Å². The van der Waals surface area contributed by atoms with E-state index in [0.717, 1.165) is 0 Å². The van der Waals surface area contributed by atoms with E-state index in [2.05, 4.69) is 35.9 Å². The number of hydrogen-bond acceptors (Lipinski definition) is 9. The summed E-state index contributed by atoms with van der Waals surface area (Å²) in [4.78, 5) is 85.5. The molecular weight excluding hydrogens is 520 g/mol. The third-order valence-electron chi connectivity index (χ3n) is 5.48. The number of carbonyl (C=O) groups excluding carboxylic acids is 3. The number of amides is 3. The number of imidazole rings is 2. The van der Waals surface area contributed by atoms with Crippen LogP contribution in [0.15, 0.2) is 25.0 Å². The average Bonchev–Trinajstić information content (AvgIpc) is 3.57. The predicted molar refractivity (Wildman–Crippen MR) is 130 cm³/mol. The fourth-order valence-corrected chi connectivity index (χ4v) is 3.44. The Hall–Kier alpha value is -4.80. The summed E-state index contributed by atoms with van der Waals surface area (Å²) in [6, 6.07) is -5.47. The van der Waals surface area contributed by atoms with Crippen LogP contribution in [0.4, 0.5) is 0 Å². The molecule has 0 radical (unpaired) electrons. The summed E-state index contributed by atoms with van der Waals surface area (Å²) in [5.41, 5.74) is 6.85. The first-order chi connectivity index (χ1) is 18.5. The molecule has 4 atom stereocenters. The third kappa shape index (κ3) is 10.6. The average molecular weight is 551 g/mol. The molecule has 2 heterocycles. The van der Waals surface area contributed by atoms with Crippen molar-refractivity contribution in [1.29, 1.82) is 0 Å². The lowest BCUT2D eigenvalue weighted by Gasteiger charge is -2.25. The van der Waals surface area contributed by atoms with Gasteiger partial charge < -0.3 is 47.0 Å². The van der Waals surface area contributed by atoms with Crippen molar-refractivity contribution in [1.82, 2.24) is 35.9 Å². The molecule has 0 fully saturated rings. The Kier molecular flexibility index (Phi) is 11.6. The molecule has 0 bridgehead atoms. The molecule has 4 unspecified atom stereocenters. The Morgan fingerprint density at radius 2 is 1.18 bits per heavy atom. The summed E-state index contributed by atoms with van der Waals surface area (Å²) >= 11 is 0. The Morgan fingerprint density at radius 1 is 0.718 bits per heavy atom. The summed E-state index contributed by atoms with van der Waals surface area (Å²) in [6.45, 7) is 0. The highest BCUT2D eigenvalue weighted by Gasteiger charge is 2.31. The van der Waals surface area contributed by atoms with E-state index >= 15 is 0 Å². The summed E-state index contributed by atoms with van der Waals surface area (Å²) in [7, 11) is 0. The number of aliphatic carboxylic acids is 3. The van der Waals surface area contributed by atoms with Crippen molar-refractivity contribution >= 4 is 35.6 Å². The van der Waals surface area contributed by atoms with Gasteiger partial charge in [-0.3, -0.25) is 24.0 Å². The number of nitrogens with zero attached hydrogens (tertiary/aromatic N) is 2. The van der Waals surface area contributed by atoms with E-state index in [1.54, 1.807) is 0 Å². The minimum Gasteiger partial charge on any atom is -0.481 e. The number of hydrogen-bond donors (Lipinski definition) is 9. The van der Waals surface area contributed by atoms with E-state index in [4.69, 9.17) is 15.9 Å². The highest BCUT2D eigenvalue weighted by atomic mass is 16.4. The van der Waals surface area contributed by atoms with Crippen LogP contribution in [0.1, 0.15) is 37.1 Å². The van der Waals surface area contributed by atoms with Gasteiger partial charge in [0.2, 0.25) is 17.7 Å². The fraction of sp³-hybridized carbons (Fsp3) is 0.455. The molecule has 0 saturated heterocycles. The summed E-state index contributed by atoms with van der Waals surface area (Å²) in [5, 5.41) is 34.3. The Balaban J connectivity index is 2.18. The maximum atomic E-state index is 13.1. The lowest BCUT2D eigenvalue weighted by molar-refractivity contribution is -0.143. The summed E-state index contributed by atoms with van der Waals surface area (Å²) in [5.74, 6) is -6.61. The van der Waals surface area contributed by atoms with Gasteiger partial charge in [-0.25, -0.2) is 14.8 Å². The zero-order chi connectivity index (χ0) is 28.9. The molecule has 3 amide bonds. The highest BCUT2D eigenvalue weighted by Crippen LogP contribution is 2.06. The van der Waals surface area contributed by atoms with Gasteiger partial charge in [-0.05, 0) is 12.8 Å². The number of carbonyl (C=O) groups is 6. The number of H-pyrrole nitrogens is 2. The van der Waals surface area contributed by atoms with Gasteiger partial charge in [-0.15, -0.1) is 0 Å². The van der Waals surface area contributed by atoms with Crippen LogP contribution >= 0.6 is 0 Å². The lowest BCUT2D eigenvalue weighted by atomic mass is 10.1. The lowest BCUT2D eigenvalue weighted by Crippen LogP contribution is -2.57. The molecular formula is C22H30N8O9. The molecule has 0 aliphatic rings. The van der Waals surface area contributed by atoms with Crippen LogP contribution in [0.5, 0.6) is 0 Å². The summed E-state index contributed by atoms with van der Waals surface area (Å²) < 4.78 is 0. The number of carboxylic acid groups (broad SMARTS) is 3. The van der Waals surface area contributed by atoms with Crippen molar-refractivity contribution in [2.45, 2.75) is 62.7 Å². The summed E-state index contributed by atoms with van der Waals surface area (Å²) in [6.07, 6.45) is 3.63. The van der Waals surface area contributed by atoms with E-state index in [1.165, 1.54) is 25.0 Å². The topological polar surface area (TPSA) is 283 Å². The SMILES string of the molecule is NC(Cc1cnc[nH]1)C(=O)NC(CCC(=O)O)C(=O)NC(Cc1cnc[nH]1)C(=O)NC(CCC(=O)O)C(=O)O. The van der Waals surface area contributed by atoms with Crippen LogP contribution in [-0.2, 0) is 41.6 Å². The molecule has 2 aromatic rings. The Bertz CT molecular complexity index is 1140. The zero-order valence-electron chi connectivity index (χ0n) is 20.6. The Morgan fingerprint density at radius 3 is 1.67 bits per heavy atom. The first kappa shape index (κ1) is 30.4. The monoisotopic (exact) mass is 550 g/mol. The zero-order valence-corrected chi connectivity index (χ0v) is 20.6. The van der Waals surface area contributed by atoms with Crippen LogP contribution in [0, 0.1) is 0 Å². The number of nitrogens with two attached hydrogens (primary N) is 1. The second kappa shape index (κ2) is 14.8. The van der Waals surface area contributed by atoms with Gasteiger partial charge in [0.15, 0.2) is 0 Å². The number of carboxylic acids is 3. The minimum absolute atomic E-state index is 0.0525. The van der Waals surface area contributed by atoms with E-state index in [1.807, 2.05) is 0 Å². The molecule has 2 rings (SSSR count). The fourth-order valence-electron chi connectivity index (χ4n) is 3.44. The van der Waals surface area contributed by atoms with Crippen LogP contribution in [0.25, 0.3) is 0 Å². The van der Waals surface area contributed by atoms with Crippen molar-refractivity contribution in [2.75, 3.05) is 0 Å². The molecule has 17 heteroatoms. The second-order valence-electron chi connectivity index (χ2n) is 8.56. The predicted octanol–water partition coefficient (Wildman–Crippen LogP) is -2.49. The molecule has 10 N–H and O–H groups in total. The normalized spacial score (nSPS) is 13.9. The van der Waals surface area contributed by atoms with Crippen LogP contribution in [0.2, 0.25) is 0 Å². The number of nitrogens with one attached hydrogen (secondary N) is 5.